The third-order valence-corrected chi connectivity index (χ3v) is 4.89. The van der Waals surface area contributed by atoms with E-state index >= 15 is 0 Å². The molecule has 0 spiro atoms. The first-order chi connectivity index (χ1) is 11.5. The molecule has 1 aromatic rings. The van der Waals surface area contributed by atoms with Crippen molar-refractivity contribution in [2.24, 2.45) is 0 Å². The van der Waals surface area contributed by atoms with Crippen LogP contribution in [0.3, 0.4) is 0 Å². The van der Waals surface area contributed by atoms with Gasteiger partial charge in [0.25, 0.3) is 0 Å². The Hall–Kier alpha value is -0.900. The zero-order chi connectivity index (χ0) is 18.8. The van der Waals surface area contributed by atoms with E-state index in [0.717, 1.165) is 6.26 Å². The van der Waals surface area contributed by atoms with E-state index in [1.54, 1.807) is 18.2 Å². The van der Waals surface area contributed by atoms with Crippen LogP contribution in [-0.2, 0) is 30.1 Å². The summed E-state index contributed by atoms with van der Waals surface area (Å²) in [5.41, 5.74) is 0.534. The first-order valence-electron chi connectivity index (χ1n) is 7.55. The summed E-state index contributed by atoms with van der Waals surface area (Å²) in [6.07, 6.45) is 0.784. The topological polar surface area (TPSA) is 93.7 Å². The molecule has 2 N–H and O–H groups in total. The molecule has 140 valence electrons. The SMILES string of the molecule is CC1COC(CNC(=O)C(C)NS(C)(=O)=O)(c2ccc(Cl)cc2Cl)O1. The van der Waals surface area contributed by atoms with Gasteiger partial charge >= 0.3 is 0 Å². The number of ether oxygens (including phenoxy) is 2. The summed E-state index contributed by atoms with van der Waals surface area (Å²) in [5, 5.41) is 3.45. The van der Waals surface area contributed by atoms with Crippen LogP contribution in [0.1, 0.15) is 19.4 Å². The molecular weight excluding hydrogens is 391 g/mol. The summed E-state index contributed by atoms with van der Waals surface area (Å²) in [4.78, 5) is 12.2. The number of hydrogen-bond acceptors (Lipinski definition) is 5. The third kappa shape index (κ3) is 5.29. The smallest absolute Gasteiger partial charge is 0.238 e. The van der Waals surface area contributed by atoms with Gasteiger partial charge < -0.3 is 14.8 Å². The summed E-state index contributed by atoms with van der Waals surface area (Å²) < 4.78 is 36.4. The molecule has 1 aliphatic rings. The molecule has 0 aliphatic carbocycles. The molecule has 1 amide bonds. The van der Waals surface area contributed by atoms with Gasteiger partial charge in [-0.25, -0.2) is 13.1 Å². The molecule has 2 rings (SSSR count). The summed E-state index contributed by atoms with van der Waals surface area (Å²) in [6, 6.07) is 3.95. The molecule has 3 atom stereocenters. The predicted molar refractivity (Wildman–Crippen MR) is 95.1 cm³/mol. The molecule has 1 aliphatic heterocycles. The fraction of sp³-hybridized carbons (Fsp3) is 0.533. The number of sulfonamides is 1. The highest BCUT2D eigenvalue weighted by Gasteiger charge is 2.43. The van der Waals surface area contributed by atoms with Crippen LogP contribution in [0.25, 0.3) is 0 Å². The molecule has 1 aromatic carbocycles. The van der Waals surface area contributed by atoms with E-state index in [4.69, 9.17) is 32.7 Å². The van der Waals surface area contributed by atoms with E-state index < -0.39 is 27.8 Å². The maximum atomic E-state index is 12.2. The molecule has 3 unspecified atom stereocenters. The van der Waals surface area contributed by atoms with E-state index in [2.05, 4.69) is 10.0 Å². The van der Waals surface area contributed by atoms with Gasteiger partial charge in [-0.05, 0) is 26.0 Å². The predicted octanol–water partition coefficient (Wildman–Crippen LogP) is 1.64. The summed E-state index contributed by atoms with van der Waals surface area (Å²) in [5.74, 6) is -1.77. The number of amides is 1. The minimum atomic E-state index is -3.50. The Morgan fingerprint density at radius 1 is 1.44 bits per heavy atom. The van der Waals surface area contributed by atoms with Crippen LogP contribution in [-0.4, -0.2) is 45.9 Å². The Morgan fingerprint density at radius 2 is 2.12 bits per heavy atom. The highest BCUT2D eigenvalue weighted by molar-refractivity contribution is 7.88. The number of carbonyl (C=O) groups excluding carboxylic acids is 1. The molecule has 0 bridgehead atoms. The molecular formula is C15H20Cl2N2O5S. The summed E-state index contributed by atoms with van der Waals surface area (Å²) in [7, 11) is -3.50. The lowest BCUT2D eigenvalue weighted by atomic mass is 10.1. The fourth-order valence-electron chi connectivity index (χ4n) is 2.50. The van der Waals surface area contributed by atoms with Crippen molar-refractivity contribution in [3.8, 4) is 0 Å². The Morgan fingerprint density at radius 3 is 2.64 bits per heavy atom. The standard InChI is InChI=1S/C15H20Cl2N2O5S/c1-9-7-23-15(24-9,12-5-4-11(16)6-13(12)17)8-18-14(20)10(2)19-25(3,21)22/h4-6,9-10,19H,7-8H2,1-3H3,(H,18,20). The number of rotatable bonds is 6. The van der Waals surface area contributed by atoms with Crippen molar-refractivity contribution in [2.45, 2.75) is 31.8 Å². The quantitative estimate of drug-likeness (QED) is 0.743. The van der Waals surface area contributed by atoms with Gasteiger partial charge in [0.1, 0.15) is 0 Å². The van der Waals surface area contributed by atoms with Crippen molar-refractivity contribution in [1.82, 2.24) is 10.0 Å². The van der Waals surface area contributed by atoms with Gasteiger partial charge in [-0.3, -0.25) is 4.79 Å². The molecule has 25 heavy (non-hydrogen) atoms. The Kier molecular flexibility index (Phi) is 6.35. The molecule has 1 fully saturated rings. The Bertz CT molecular complexity index is 758. The highest BCUT2D eigenvalue weighted by Crippen LogP contribution is 2.38. The van der Waals surface area contributed by atoms with Crippen LogP contribution in [0.4, 0.5) is 0 Å². The van der Waals surface area contributed by atoms with E-state index in [9.17, 15) is 13.2 Å². The van der Waals surface area contributed by atoms with E-state index in [1.807, 2.05) is 6.92 Å². The lowest BCUT2D eigenvalue weighted by Crippen LogP contribution is -2.49. The van der Waals surface area contributed by atoms with Crippen molar-refractivity contribution >= 4 is 39.1 Å². The maximum absolute atomic E-state index is 12.2. The Balaban J connectivity index is 2.18. The maximum Gasteiger partial charge on any atom is 0.238 e. The second-order valence-corrected chi connectivity index (χ2v) is 8.57. The zero-order valence-electron chi connectivity index (χ0n) is 14.0. The molecule has 7 nitrogen and oxygen atoms in total. The van der Waals surface area contributed by atoms with E-state index in [0.29, 0.717) is 22.2 Å². The first kappa shape index (κ1) is 20.4. The summed E-state index contributed by atoms with van der Waals surface area (Å²) in [6.45, 7) is 3.57. The van der Waals surface area contributed by atoms with Crippen LogP contribution in [0.2, 0.25) is 10.0 Å². The van der Waals surface area contributed by atoms with Crippen LogP contribution >= 0.6 is 23.2 Å². The minimum Gasteiger partial charge on any atom is -0.349 e. The monoisotopic (exact) mass is 410 g/mol. The highest BCUT2D eigenvalue weighted by atomic mass is 35.5. The van der Waals surface area contributed by atoms with Crippen molar-refractivity contribution < 1.29 is 22.7 Å². The van der Waals surface area contributed by atoms with E-state index in [1.165, 1.54) is 6.92 Å². The van der Waals surface area contributed by atoms with E-state index in [-0.39, 0.29) is 12.6 Å². The normalized spacial score (nSPS) is 24.9. The first-order valence-corrected chi connectivity index (χ1v) is 10.2. The molecule has 10 heteroatoms. The molecule has 1 saturated heterocycles. The average Bonchev–Trinajstić information content (AvgIpc) is 2.85. The second kappa shape index (κ2) is 7.77. The lowest BCUT2D eigenvalue weighted by Gasteiger charge is -2.30. The van der Waals surface area contributed by atoms with Gasteiger partial charge in [-0.15, -0.1) is 0 Å². The van der Waals surface area contributed by atoms with Gasteiger partial charge in [0.2, 0.25) is 21.7 Å². The van der Waals surface area contributed by atoms with Crippen molar-refractivity contribution in [3.05, 3.63) is 33.8 Å². The minimum absolute atomic E-state index is 0.0344. The molecule has 0 radical (unpaired) electrons. The third-order valence-electron chi connectivity index (χ3n) is 3.56. The zero-order valence-corrected chi connectivity index (χ0v) is 16.3. The summed E-state index contributed by atoms with van der Waals surface area (Å²) >= 11 is 12.2. The molecule has 0 aromatic heterocycles. The van der Waals surface area contributed by atoms with Gasteiger partial charge in [0, 0.05) is 10.6 Å². The number of benzene rings is 1. The number of carbonyl (C=O) groups is 1. The molecule has 1 heterocycles. The average molecular weight is 411 g/mol. The van der Waals surface area contributed by atoms with Gasteiger partial charge in [-0.1, -0.05) is 29.3 Å². The fourth-order valence-corrected chi connectivity index (χ4v) is 3.81. The second-order valence-electron chi connectivity index (χ2n) is 5.95. The van der Waals surface area contributed by atoms with Crippen LogP contribution in [0, 0.1) is 0 Å². The van der Waals surface area contributed by atoms with Gasteiger partial charge in [-0.2, -0.15) is 0 Å². The van der Waals surface area contributed by atoms with Crippen molar-refractivity contribution in [1.29, 1.82) is 0 Å². The molecule has 0 saturated carbocycles. The number of halogens is 2. The number of nitrogens with one attached hydrogen (secondary N) is 2. The van der Waals surface area contributed by atoms with Crippen molar-refractivity contribution in [2.75, 3.05) is 19.4 Å². The number of hydrogen-bond donors (Lipinski definition) is 2. The van der Waals surface area contributed by atoms with Gasteiger partial charge in [0.15, 0.2) is 0 Å². The van der Waals surface area contributed by atoms with Crippen molar-refractivity contribution in [3.63, 3.8) is 0 Å². The van der Waals surface area contributed by atoms with Crippen LogP contribution in [0.15, 0.2) is 18.2 Å². The lowest BCUT2D eigenvalue weighted by molar-refractivity contribution is -0.173. The van der Waals surface area contributed by atoms with Gasteiger partial charge in [0.05, 0.1) is 36.6 Å². The largest absolute Gasteiger partial charge is 0.349 e. The Labute approximate surface area is 157 Å². The van der Waals surface area contributed by atoms with Crippen LogP contribution < -0.4 is 10.0 Å². The van der Waals surface area contributed by atoms with Crippen LogP contribution in [0.5, 0.6) is 0 Å².